The van der Waals surface area contributed by atoms with Crippen molar-refractivity contribution in [3.05, 3.63) is 69.6 Å². The van der Waals surface area contributed by atoms with E-state index >= 15 is 0 Å². The summed E-state index contributed by atoms with van der Waals surface area (Å²) in [5.41, 5.74) is 8.05. The van der Waals surface area contributed by atoms with Gasteiger partial charge in [-0.25, -0.2) is 4.79 Å². The van der Waals surface area contributed by atoms with E-state index in [4.69, 9.17) is 14.9 Å². The third kappa shape index (κ3) is 3.46. The molecule has 0 radical (unpaired) electrons. The highest BCUT2D eigenvalue weighted by molar-refractivity contribution is 5.95. The number of hydrogen-bond donors (Lipinski definition) is 2. The van der Waals surface area contributed by atoms with E-state index in [0.29, 0.717) is 22.6 Å². The van der Waals surface area contributed by atoms with Gasteiger partial charge in [-0.15, -0.1) is 0 Å². The summed E-state index contributed by atoms with van der Waals surface area (Å²) in [6, 6.07) is 11.5. The van der Waals surface area contributed by atoms with Crippen molar-refractivity contribution in [3.8, 4) is 5.75 Å². The maximum absolute atomic E-state index is 12.1. The summed E-state index contributed by atoms with van der Waals surface area (Å²) in [6.45, 7) is -0.210. The summed E-state index contributed by atoms with van der Waals surface area (Å²) in [5.74, 6) is -0.454. The molecule has 1 heterocycles. The minimum Gasteiger partial charge on any atom is -0.484 e. The molecular formula is C21H18N2O5. The topological polar surface area (TPSA) is 112 Å². The van der Waals surface area contributed by atoms with Crippen LogP contribution >= 0.6 is 0 Å². The zero-order chi connectivity index (χ0) is 19.7. The van der Waals surface area contributed by atoms with Crippen LogP contribution in [0.1, 0.15) is 27.9 Å². The first kappa shape index (κ1) is 17.8. The number of hydrogen-bond acceptors (Lipinski definition) is 5. The lowest BCUT2D eigenvalue weighted by atomic mass is 10.1. The number of nitrogens with two attached hydrogens (primary N) is 1. The van der Waals surface area contributed by atoms with Crippen LogP contribution in [0.3, 0.4) is 0 Å². The highest BCUT2D eigenvalue weighted by atomic mass is 16.5. The molecule has 2 aromatic carbocycles. The monoisotopic (exact) mass is 378 g/mol. The summed E-state index contributed by atoms with van der Waals surface area (Å²) in [6.07, 6.45) is 2.58. The lowest BCUT2D eigenvalue weighted by molar-refractivity contribution is -0.118. The Kier molecular flexibility index (Phi) is 4.57. The largest absolute Gasteiger partial charge is 0.484 e. The number of benzene rings is 2. The molecule has 7 nitrogen and oxygen atoms in total. The molecule has 0 fully saturated rings. The second kappa shape index (κ2) is 7.19. The van der Waals surface area contributed by atoms with E-state index in [9.17, 15) is 14.4 Å². The number of carbonyl (C=O) groups is 2. The predicted molar refractivity (Wildman–Crippen MR) is 104 cm³/mol. The molecule has 0 bridgehead atoms. The molecule has 0 spiro atoms. The van der Waals surface area contributed by atoms with E-state index < -0.39 is 5.91 Å². The van der Waals surface area contributed by atoms with Gasteiger partial charge in [-0.05, 0) is 61.2 Å². The number of anilines is 1. The van der Waals surface area contributed by atoms with Gasteiger partial charge in [-0.2, -0.15) is 0 Å². The number of fused-ring (bicyclic) bond motifs is 3. The highest BCUT2D eigenvalue weighted by Gasteiger charge is 2.19. The molecule has 2 amide bonds. The van der Waals surface area contributed by atoms with Crippen molar-refractivity contribution in [1.29, 1.82) is 0 Å². The SMILES string of the molecule is NC(=O)c1ccc(NC(=O)COc2ccc3c4c(c(=O)oc3c2)CCC4)cc1. The van der Waals surface area contributed by atoms with Crippen LogP contribution in [0, 0.1) is 0 Å². The minimum atomic E-state index is -0.533. The van der Waals surface area contributed by atoms with Crippen LogP contribution in [0.2, 0.25) is 0 Å². The Balaban J connectivity index is 1.43. The van der Waals surface area contributed by atoms with Gasteiger partial charge in [-0.1, -0.05) is 0 Å². The fourth-order valence-corrected chi connectivity index (χ4v) is 3.42. The number of carbonyl (C=O) groups excluding carboxylic acids is 2. The zero-order valence-electron chi connectivity index (χ0n) is 15.0. The Morgan fingerprint density at radius 1 is 1.07 bits per heavy atom. The van der Waals surface area contributed by atoms with Gasteiger partial charge in [0, 0.05) is 28.3 Å². The van der Waals surface area contributed by atoms with E-state index in [1.807, 2.05) is 6.07 Å². The van der Waals surface area contributed by atoms with Crippen LogP contribution in [-0.4, -0.2) is 18.4 Å². The predicted octanol–water partition coefficient (Wildman–Crippen LogP) is 2.40. The standard InChI is InChI=1S/C21H18N2O5/c22-20(25)12-4-6-13(7-5-12)23-19(24)11-27-14-8-9-16-15-2-1-3-17(15)21(26)28-18(16)10-14/h4-10H,1-3,11H2,(H2,22,25)(H,23,24). The number of rotatable bonds is 5. The number of primary amides is 1. The minimum absolute atomic E-state index is 0.210. The second-order valence-corrected chi connectivity index (χ2v) is 6.64. The molecule has 1 aromatic heterocycles. The van der Waals surface area contributed by atoms with Gasteiger partial charge in [0.2, 0.25) is 5.91 Å². The van der Waals surface area contributed by atoms with Gasteiger partial charge in [0.05, 0.1) is 0 Å². The number of nitrogens with one attached hydrogen (secondary N) is 1. The van der Waals surface area contributed by atoms with Crippen molar-refractivity contribution in [2.24, 2.45) is 5.73 Å². The Morgan fingerprint density at radius 3 is 2.57 bits per heavy atom. The maximum atomic E-state index is 12.1. The molecule has 1 aliphatic rings. The van der Waals surface area contributed by atoms with Crippen LogP contribution in [0.15, 0.2) is 51.7 Å². The lowest BCUT2D eigenvalue weighted by Crippen LogP contribution is -2.20. The molecule has 0 saturated heterocycles. The van der Waals surface area contributed by atoms with E-state index in [0.717, 1.165) is 35.8 Å². The van der Waals surface area contributed by atoms with Gasteiger partial charge in [-0.3, -0.25) is 9.59 Å². The summed E-state index contributed by atoms with van der Waals surface area (Å²) >= 11 is 0. The summed E-state index contributed by atoms with van der Waals surface area (Å²) < 4.78 is 10.9. The molecule has 0 atom stereocenters. The molecule has 3 aromatic rings. The first-order valence-electron chi connectivity index (χ1n) is 8.92. The van der Waals surface area contributed by atoms with Crippen LogP contribution in [0.4, 0.5) is 5.69 Å². The van der Waals surface area contributed by atoms with Gasteiger partial charge in [0.1, 0.15) is 11.3 Å². The Hall–Kier alpha value is -3.61. The van der Waals surface area contributed by atoms with Crippen molar-refractivity contribution >= 4 is 28.5 Å². The number of amides is 2. The molecule has 1 aliphatic carbocycles. The van der Waals surface area contributed by atoms with E-state index in [2.05, 4.69) is 5.32 Å². The summed E-state index contributed by atoms with van der Waals surface area (Å²) in [7, 11) is 0. The Morgan fingerprint density at radius 2 is 1.82 bits per heavy atom. The molecule has 3 N–H and O–H groups in total. The van der Waals surface area contributed by atoms with E-state index in [-0.39, 0.29) is 18.1 Å². The summed E-state index contributed by atoms with van der Waals surface area (Å²) in [5, 5.41) is 3.58. The van der Waals surface area contributed by atoms with Gasteiger partial charge in [0.25, 0.3) is 5.91 Å². The first-order valence-corrected chi connectivity index (χ1v) is 8.92. The van der Waals surface area contributed by atoms with Gasteiger partial charge in [0.15, 0.2) is 6.61 Å². The van der Waals surface area contributed by atoms with Crippen LogP contribution in [0.25, 0.3) is 11.0 Å². The average Bonchev–Trinajstić information content (AvgIpc) is 3.17. The van der Waals surface area contributed by atoms with Gasteiger partial charge < -0.3 is 20.2 Å². The van der Waals surface area contributed by atoms with Crippen molar-refractivity contribution in [2.75, 3.05) is 11.9 Å². The summed E-state index contributed by atoms with van der Waals surface area (Å²) in [4.78, 5) is 35.2. The number of aryl methyl sites for hydroxylation is 1. The normalized spacial score (nSPS) is 12.6. The molecule has 142 valence electrons. The van der Waals surface area contributed by atoms with Crippen molar-refractivity contribution in [2.45, 2.75) is 19.3 Å². The maximum Gasteiger partial charge on any atom is 0.339 e. The lowest BCUT2D eigenvalue weighted by Gasteiger charge is -2.09. The van der Waals surface area contributed by atoms with Crippen LogP contribution < -0.4 is 21.4 Å². The quantitative estimate of drug-likeness (QED) is 0.662. The van der Waals surface area contributed by atoms with E-state index in [1.54, 1.807) is 24.3 Å². The average molecular weight is 378 g/mol. The van der Waals surface area contributed by atoms with E-state index in [1.165, 1.54) is 12.1 Å². The molecule has 7 heteroatoms. The first-order chi connectivity index (χ1) is 13.5. The third-order valence-electron chi connectivity index (χ3n) is 4.77. The molecule has 4 rings (SSSR count). The molecular weight excluding hydrogens is 360 g/mol. The Bertz CT molecular complexity index is 1130. The highest BCUT2D eigenvalue weighted by Crippen LogP contribution is 2.29. The fourth-order valence-electron chi connectivity index (χ4n) is 3.42. The Labute approximate surface area is 160 Å². The fraction of sp³-hybridized carbons (Fsp3) is 0.190. The molecule has 0 saturated carbocycles. The molecule has 0 aliphatic heterocycles. The van der Waals surface area contributed by atoms with Crippen LogP contribution in [0.5, 0.6) is 5.75 Å². The molecule has 28 heavy (non-hydrogen) atoms. The smallest absolute Gasteiger partial charge is 0.339 e. The zero-order valence-corrected chi connectivity index (χ0v) is 15.0. The second-order valence-electron chi connectivity index (χ2n) is 6.64. The van der Waals surface area contributed by atoms with Crippen molar-refractivity contribution in [1.82, 2.24) is 0 Å². The molecule has 0 unspecified atom stereocenters. The van der Waals surface area contributed by atoms with Crippen molar-refractivity contribution in [3.63, 3.8) is 0 Å². The van der Waals surface area contributed by atoms with Gasteiger partial charge >= 0.3 is 5.63 Å². The van der Waals surface area contributed by atoms with Crippen molar-refractivity contribution < 1.29 is 18.7 Å². The number of ether oxygens (including phenoxy) is 1. The third-order valence-corrected chi connectivity index (χ3v) is 4.77. The van der Waals surface area contributed by atoms with Crippen LogP contribution in [-0.2, 0) is 17.6 Å².